The Morgan fingerprint density at radius 1 is 0.417 bits per heavy atom. The molecule has 36 heavy (non-hydrogen) atoms. The van der Waals surface area contributed by atoms with Crippen LogP contribution >= 0.6 is 0 Å². The minimum absolute atomic E-state index is 0.579. The van der Waals surface area contributed by atoms with E-state index in [-0.39, 0.29) is 0 Å². The van der Waals surface area contributed by atoms with Gasteiger partial charge in [-0.05, 0) is 180 Å². The Balaban J connectivity index is 0.959. The molecule has 0 amide bonds. The Morgan fingerprint density at radius 2 is 0.722 bits per heavy atom. The van der Waals surface area contributed by atoms with E-state index in [4.69, 9.17) is 0 Å². The lowest BCUT2D eigenvalue weighted by Crippen LogP contribution is -2.24. The fourth-order valence-corrected chi connectivity index (χ4v) is 9.59. The van der Waals surface area contributed by atoms with Crippen LogP contribution in [-0.2, 0) is 34.5 Å². The highest BCUT2D eigenvalue weighted by Crippen LogP contribution is 2.67. The highest BCUT2D eigenvalue weighted by atomic mass is 14.6. The fourth-order valence-electron chi connectivity index (χ4n) is 9.59. The number of benzene rings is 2. The molecule has 2 aromatic rings. The van der Waals surface area contributed by atoms with Crippen LogP contribution < -0.4 is 0 Å². The maximum atomic E-state index is 2.72. The van der Waals surface area contributed by atoms with Gasteiger partial charge in [0.05, 0.1) is 0 Å². The molecule has 0 bridgehead atoms. The van der Waals surface area contributed by atoms with E-state index in [1.54, 1.807) is 55.7 Å². The van der Waals surface area contributed by atoms with E-state index in [0.717, 1.165) is 0 Å². The fraction of sp³-hybridized carbons (Fsp3) is 0.556. The largest absolute Gasteiger partial charge is 0.0763 e. The lowest BCUT2D eigenvalue weighted by Gasteiger charge is -2.33. The molecule has 8 aliphatic carbocycles. The summed E-state index contributed by atoms with van der Waals surface area (Å²) in [5, 5.41) is 0. The quantitative estimate of drug-likeness (QED) is 0.420. The van der Waals surface area contributed by atoms with Gasteiger partial charge in [0.25, 0.3) is 0 Å². The van der Waals surface area contributed by atoms with Gasteiger partial charge in [-0.25, -0.2) is 0 Å². The summed E-state index contributed by atoms with van der Waals surface area (Å²) in [5.74, 6) is 0. The molecule has 0 atom stereocenters. The van der Waals surface area contributed by atoms with E-state index < -0.39 is 0 Å². The van der Waals surface area contributed by atoms with Crippen molar-refractivity contribution in [2.45, 2.75) is 124 Å². The maximum Gasteiger partial charge on any atom is -0.00428 e. The van der Waals surface area contributed by atoms with E-state index in [0.29, 0.717) is 21.7 Å². The Bertz CT molecular complexity index is 1330. The molecule has 0 aromatic heterocycles. The Hall–Kier alpha value is -2.08. The van der Waals surface area contributed by atoms with Crippen LogP contribution in [0, 0.1) is 0 Å². The first-order valence-electron chi connectivity index (χ1n) is 15.4. The molecule has 0 saturated heterocycles. The summed E-state index contributed by atoms with van der Waals surface area (Å²) < 4.78 is 0. The minimum atomic E-state index is 0.579. The minimum Gasteiger partial charge on any atom is -0.0763 e. The van der Waals surface area contributed by atoms with Gasteiger partial charge in [-0.2, -0.15) is 0 Å². The van der Waals surface area contributed by atoms with Gasteiger partial charge >= 0.3 is 0 Å². The summed E-state index contributed by atoms with van der Waals surface area (Å²) in [7, 11) is 0. The van der Waals surface area contributed by atoms with Gasteiger partial charge in [-0.15, -0.1) is 0 Å². The maximum absolute atomic E-state index is 2.72. The Kier molecular flexibility index (Phi) is 3.40. The first kappa shape index (κ1) is 20.0. The lowest BCUT2D eigenvalue weighted by molar-refractivity contribution is 0.458. The van der Waals surface area contributed by atoms with Crippen molar-refractivity contribution in [2.24, 2.45) is 0 Å². The second kappa shape index (κ2) is 6.14. The van der Waals surface area contributed by atoms with Gasteiger partial charge in [0.15, 0.2) is 0 Å². The predicted molar refractivity (Wildman–Crippen MR) is 148 cm³/mol. The molecule has 4 fully saturated rings. The number of fused-ring (bicyclic) bond motifs is 8. The van der Waals surface area contributed by atoms with Crippen LogP contribution in [0.15, 0.2) is 36.4 Å². The molecular weight excluding hydrogens is 432 g/mol. The van der Waals surface area contributed by atoms with Gasteiger partial charge in [0.2, 0.25) is 0 Å². The summed E-state index contributed by atoms with van der Waals surface area (Å²) in [5.41, 5.74) is 19.4. The molecule has 2 aromatic carbocycles. The van der Waals surface area contributed by atoms with Gasteiger partial charge in [-0.3, -0.25) is 0 Å². The van der Waals surface area contributed by atoms with Crippen molar-refractivity contribution in [1.82, 2.24) is 0 Å². The normalized spacial score (nSPS) is 28.4. The zero-order valence-corrected chi connectivity index (χ0v) is 21.8. The summed E-state index contributed by atoms with van der Waals surface area (Å²) in [6.45, 7) is 0. The van der Waals surface area contributed by atoms with Gasteiger partial charge in [0, 0.05) is 0 Å². The van der Waals surface area contributed by atoms with E-state index in [9.17, 15) is 0 Å². The molecule has 182 valence electrons. The van der Waals surface area contributed by atoms with Crippen molar-refractivity contribution in [3.63, 3.8) is 0 Å². The molecule has 0 radical (unpaired) electrons. The first-order chi connectivity index (χ1) is 17.6. The van der Waals surface area contributed by atoms with Crippen LogP contribution in [0.3, 0.4) is 0 Å². The molecule has 0 nitrogen and oxygen atoms in total. The molecule has 0 heterocycles. The number of allylic oxidation sites excluding steroid dienone is 4. The molecule has 4 spiro atoms. The van der Waals surface area contributed by atoms with Crippen molar-refractivity contribution in [1.29, 1.82) is 0 Å². The van der Waals surface area contributed by atoms with Crippen LogP contribution in [0.1, 0.15) is 134 Å². The molecule has 0 aliphatic heterocycles. The van der Waals surface area contributed by atoms with Crippen LogP contribution in [0.2, 0.25) is 0 Å². The predicted octanol–water partition coefficient (Wildman–Crippen LogP) is 8.76. The monoisotopic (exact) mass is 470 g/mol. The van der Waals surface area contributed by atoms with Crippen molar-refractivity contribution in [3.8, 4) is 0 Å². The number of rotatable bonds is 3. The topological polar surface area (TPSA) is 0 Å². The summed E-state index contributed by atoms with van der Waals surface area (Å²) in [6.07, 6.45) is 27.5. The second-order valence-corrected chi connectivity index (χ2v) is 14.6. The third kappa shape index (κ3) is 2.48. The lowest BCUT2D eigenvalue weighted by atomic mass is 9.71. The highest BCUT2D eigenvalue weighted by molar-refractivity contribution is 5.80. The summed E-state index contributed by atoms with van der Waals surface area (Å²) in [6, 6.07) is 10.8. The summed E-state index contributed by atoms with van der Waals surface area (Å²) in [4.78, 5) is 0. The third-order valence-corrected chi connectivity index (χ3v) is 12.8. The zero-order chi connectivity index (χ0) is 23.3. The van der Waals surface area contributed by atoms with Crippen molar-refractivity contribution in [3.05, 3.63) is 80.9 Å². The van der Waals surface area contributed by atoms with Crippen LogP contribution in [0.5, 0.6) is 0 Å². The standard InChI is InChI=1S/C36H38/c1(23-3-5-25-19-29-31(21-27(23)25)35(15-16-35)13-11-33(29)7-8-33)2-24-4-6-26-20-30-32(22-28(24)26)36(17-18-36)14-12-34(30)9-10-34/h3-4,19-22H,1-2,5-18H2. The molecule has 0 heteroatoms. The Morgan fingerprint density at radius 3 is 1.06 bits per heavy atom. The SMILES string of the molecule is C1=C(CCC2=CCc3cc4c(cc32)C2(CCC43CC3)CC2)c2cc3c(cc2C1)C1(CC1)CCC31CC1. The van der Waals surface area contributed by atoms with Gasteiger partial charge in [-0.1, -0.05) is 36.4 Å². The van der Waals surface area contributed by atoms with Crippen LogP contribution in [0.4, 0.5) is 0 Å². The molecule has 0 unspecified atom stereocenters. The molecule has 10 rings (SSSR count). The average Bonchev–Trinajstić information content (AvgIpc) is 3.74. The molecule has 4 saturated carbocycles. The van der Waals surface area contributed by atoms with Crippen LogP contribution in [-0.4, -0.2) is 0 Å². The second-order valence-electron chi connectivity index (χ2n) is 14.6. The average molecular weight is 471 g/mol. The number of hydrogen-bond acceptors (Lipinski definition) is 0. The van der Waals surface area contributed by atoms with E-state index in [1.807, 2.05) is 0 Å². The third-order valence-electron chi connectivity index (χ3n) is 12.8. The number of hydrogen-bond donors (Lipinski definition) is 0. The summed E-state index contributed by atoms with van der Waals surface area (Å²) >= 11 is 0. The van der Waals surface area contributed by atoms with E-state index in [2.05, 4.69) is 36.4 Å². The molecule has 8 aliphatic rings. The Labute approximate surface area is 216 Å². The highest BCUT2D eigenvalue weighted by Gasteiger charge is 2.58. The first-order valence-corrected chi connectivity index (χ1v) is 15.4. The smallest absolute Gasteiger partial charge is 0.00428 e. The van der Waals surface area contributed by atoms with Crippen molar-refractivity contribution < 1.29 is 0 Å². The van der Waals surface area contributed by atoms with E-state index in [1.165, 1.54) is 103 Å². The van der Waals surface area contributed by atoms with E-state index >= 15 is 0 Å². The van der Waals surface area contributed by atoms with Gasteiger partial charge < -0.3 is 0 Å². The zero-order valence-electron chi connectivity index (χ0n) is 21.8. The van der Waals surface area contributed by atoms with Gasteiger partial charge in [0.1, 0.15) is 0 Å². The van der Waals surface area contributed by atoms with Crippen LogP contribution in [0.25, 0.3) is 11.1 Å². The van der Waals surface area contributed by atoms with Crippen molar-refractivity contribution in [2.75, 3.05) is 0 Å². The molecular formula is C36H38. The van der Waals surface area contributed by atoms with Crippen molar-refractivity contribution >= 4 is 11.1 Å². The molecule has 0 N–H and O–H groups in total.